The normalized spacial score (nSPS) is 14.2. The van der Waals surface area contributed by atoms with E-state index in [0.29, 0.717) is 11.4 Å². The summed E-state index contributed by atoms with van der Waals surface area (Å²) in [7, 11) is 1.63. The number of nitrogens with zero attached hydrogens (tertiary/aromatic N) is 5. The standard InChI is InChI=1S/C30H32N6O2/c1-4-34-13-15-35(16-14-34)20-25-7-6-24(17-22(25)2)30(37)33-28-18-23(11-12-31-28)5-8-26-19-32-29-10-9-27(38-3)21-36(26)29/h6-7,9-12,17-19,21H,4,13-16,20H2,1-3H3,(H,31,33,37). The van der Waals surface area contributed by atoms with Crippen LogP contribution in [0.15, 0.2) is 61.1 Å². The average molecular weight is 509 g/mol. The fraction of sp³-hybridized carbons (Fsp3) is 0.300. The zero-order chi connectivity index (χ0) is 26.5. The van der Waals surface area contributed by atoms with E-state index in [9.17, 15) is 4.79 Å². The Balaban J connectivity index is 1.25. The number of carbonyl (C=O) groups is 1. The highest BCUT2D eigenvalue weighted by Gasteiger charge is 2.17. The third kappa shape index (κ3) is 5.86. The van der Waals surface area contributed by atoms with Crippen molar-refractivity contribution in [2.24, 2.45) is 0 Å². The van der Waals surface area contributed by atoms with Crippen molar-refractivity contribution in [2.45, 2.75) is 20.4 Å². The molecule has 1 N–H and O–H groups in total. The van der Waals surface area contributed by atoms with E-state index >= 15 is 0 Å². The Morgan fingerprint density at radius 1 is 1.03 bits per heavy atom. The number of amides is 1. The molecular formula is C30H32N6O2. The summed E-state index contributed by atoms with van der Waals surface area (Å²) >= 11 is 0. The average Bonchev–Trinajstić information content (AvgIpc) is 3.35. The van der Waals surface area contributed by atoms with Crippen LogP contribution in [0.2, 0.25) is 0 Å². The van der Waals surface area contributed by atoms with Gasteiger partial charge in [-0.05, 0) is 66.9 Å². The second-order valence-electron chi connectivity index (χ2n) is 9.43. The number of methoxy groups -OCH3 is 1. The number of ether oxygens (including phenoxy) is 1. The van der Waals surface area contributed by atoms with Crippen LogP contribution in [-0.2, 0) is 6.54 Å². The summed E-state index contributed by atoms with van der Waals surface area (Å²) in [5.41, 5.74) is 5.25. The van der Waals surface area contributed by atoms with Crippen LogP contribution in [0.25, 0.3) is 5.65 Å². The van der Waals surface area contributed by atoms with Crippen molar-refractivity contribution in [1.82, 2.24) is 24.2 Å². The Morgan fingerprint density at radius 2 is 1.84 bits per heavy atom. The van der Waals surface area contributed by atoms with Crippen LogP contribution in [0.5, 0.6) is 5.75 Å². The van der Waals surface area contributed by atoms with Crippen molar-refractivity contribution in [3.8, 4) is 17.6 Å². The maximum Gasteiger partial charge on any atom is 0.256 e. The lowest BCUT2D eigenvalue weighted by Gasteiger charge is -2.34. The van der Waals surface area contributed by atoms with Gasteiger partial charge in [0.2, 0.25) is 0 Å². The van der Waals surface area contributed by atoms with Gasteiger partial charge in [-0.15, -0.1) is 0 Å². The Labute approximate surface area is 223 Å². The molecule has 1 fully saturated rings. The maximum atomic E-state index is 13.0. The number of likely N-dealkylation sites (N-methyl/N-ethyl adjacent to an activating group) is 1. The predicted octanol–water partition coefficient (Wildman–Crippen LogP) is 3.84. The first kappa shape index (κ1) is 25.5. The van der Waals surface area contributed by atoms with Crippen LogP contribution in [0.3, 0.4) is 0 Å². The number of fused-ring (bicyclic) bond motifs is 1. The molecule has 4 heterocycles. The molecule has 1 amide bonds. The first-order valence-corrected chi connectivity index (χ1v) is 12.9. The molecule has 0 aliphatic carbocycles. The van der Waals surface area contributed by atoms with Gasteiger partial charge in [-0.2, -0.15) is 0 Å². The van der Waals surface area contributed by atoms with Crippen molar-refractivity contribution >= 4 is 17.4 Å². The Bertz CT molecular complexity index is 1510. The number of carbonyl (C=O) groups excluding carboxylic acids is 1. The molecule has 8 heteroatoms. The second-order valence-corrected chi connectivity index (χ2v) is 9.43. The van der Waals surface area contributed by atoms with Crippen molar-refractivity contribution < 1.29 is 9.53 Å². The first-order chi connectivity index (χ1) is 18.5. The molecule has 0 saturated carbocycles. The maximum absolute atomic E-state index is 13.0. The molecule has 38 heavy (non-hydrogen) atoms. The Kier molecular flexibility index (Phi) is 7.68. The van der Waals surface area contributed by atoms with E-state index in [-0.39, 0.29) is 5.91 Å². The van der Waals surface area contributed by atoms with Crippen LogP contribution in [-0.4, -0.2) is 69.9 Å². The highest BCUT2D eigenvalue weighted by molar-refractivity contribution is 6.04. The summed E-state index contributed by atoms with van der Waals surface area (Å²) in [5, 5.41) is 2.91. The van der Waals surface area contributed by atoms with E-state index < -0.39 is 0 Å². The number of pyridine rings is 2. The van der Waals surface area contributed by atoms with Gasteiger partial charge < -0.3 is 15.0 Å². The summed E-state index contributed by atoms with van der Waals surface area (Å²) in [6.45, 7) is 10.7. The second kappa shape index (κ2) is 11.5. The molecule has 0 bridgehead atoms. The molecule has 1 aliphatic heterocycles. The largest absolute Gasteiger partial charge is 0.495 e. The van der Waals surface area contributed by atoms with Crippen LogP contribution in [0.1, 0.15) is 39.7 Å². The van der Waals surface area contributed by atoms with Gasteiger partial charge in [-0.1, -0.05) is 18.9 Å². The molecule has 1 aliphatic rings. The molecule has 0 atom stereocenters. The van der Waals surface area contributed by atoms with Gasteiger partial charge in [0.1, 0.15) is 22.9 Å². The number of piperazine rings is 1. The topological polar surface area (TPSA) is 75.0 Å². The fourth-order valence-corrected chi connectivity index (χ4v) is 4.59. The zero-order valence-corrected chi connectivity index (χ0v) is 22.1. The molecule has 3 aromatic heterocycles. The molecule has 1 saturated heterocycles. The minimum absolute atomic E-state index is 0.192. The number of aromatic nitrogens is 3. The van der Waals surface area contributed by atoms with Gasteiger partial charge in [-0.25, -0.2) is 9.97 Å². The van der Waals surface area contributed by atoms with E-state index in [1.807, 2.05) is 40.9 Å². The summed E-state index contributed by atoms with van der Waals surface area (Å²) < 4.78 is 7.19. The Morgan fingerprint density at radius 3 is 2.61 bits per heavy atom. The third-order valence-corrected chi connectivity index (χ3v) is 6.96. The number of imidazole rings is 1. The minimum Gasteiger partial charge on any atom is -0.495 e. The Hall–Kier alpha value is -4.19. The highest BCUT2D eigenvalue weighted by atomic mass is 16.5. The van der Waals surface area contributed by atoms with Crippen LogP contribution >= 0.6 is 0 Å². The van der Waals surface area contributed by atoms with Crippen molar-refractivity contribution in [3.05, 3.63) is 89.0 Å². The van der Waals surface area contributed by atoms with Crippen LogP contribution < -0.4 is 10.1 Å². The smallest absolute Gasteiger partial charge is 0.256 e. The number of aryl methyl sites for hydroxylation is 1. The van der Waals surface area contributed by atoms with Gasteiger partial charge in [0.25, 0.3) is 5.91 Å². The van der Waals surface area contributed by atoms with Crippen molar-refractivity contribution in [3.63, 3.8) is 0 Å². The van der Waals surface area contributed by atoms with Crippen LogP contribution in [0.4, 0.5) is 5.82 Å². The number of nitrogens with one attached hydrogen (secondary N) is 1. The van der Waals surface area contributed by atoms with Gasteiger partial charge in [-0.3, -0.25) is 14.1 Å². The SMILES string of the molecule is CCN1CCN(Cc2ccc(C(=O)Nc3cc(C#Cc4cnc5ccc(OC)cn45)ccn3)cc2C)CC1. The lowest BCUT2D eigenvalue weighted by atomic mass is 10.0. The molecule has 0 spiro atoms. The molecule has 1 aromatic carbocycles. The van der Waals surface area contributed by atoms with Crippen LogP contribution in [0, 0.1) is 18.8 Å². The molecule has 4 aromatic rings. The van der Waals surface area contributed by atoms with Gasteiger partial charge in [0.05, 0.1) is 19.5 Å². The van der Waals surface area contributed by atoms with Crippen molar-refractivity contribution in [2.75, 3.05) is 45.2 Å². The van der Waals surface area contributed by atoms with Crippen molar-refractivity contribution in [1.29, 1.82) is 0 Å². The fourth-order valence-electron chi connectivity index (χ4n) is 4.59. The molecule has 8 nitrogen and oxygen atoms in total. The molecular weight excluding hydrogens is 476 g/mol. The van der Waals surface area contributed by atoms with Gasteiger partial charge in [0.15, 0.2) is 0 Å². The zero-order valence-electron chi connectivity index (χ0n) is 22.1. The van der Waals surface area contributed by atoms with Gasteiger partial charge in [0, 0.05) is 50.0 Å². The summed E-state index contributed by atoms with van der Waals surface area (Å²) in [6, 6.07) is 13.2. The number of rotatable bonds is 6. The molecule has 0 unspecified atom stereocenters. The lowest BCUT2D eigenvalue weighted by molar-refractivity contribution is 0.102. The number of anilines is 1. The highest BCUT2D eigenvalue weighted by Crippen LogP contribution is 2.17. The van der Waals surface area contributed by atoms with E-state index in [1.165, 1.54) is 5.56 Å². The quantitative estimate of drug-likeness (QED) is 0.399. The summed E-state index contributed by atoms with van der Waals surface area (Å²) in [5.74, 6) is 7.28. The third-order valence-electron chi connectivity index (χ3n) is 6.96. The minimum atomic E-state index is -0.192. The molecule has 5 rings (SSSR count). The van der Waals surface area contributed by atoms with E-state index in [2.05, 4.69) is 56.8 Å². The number of benzene rings is 1. The van der Waals surface area contributed by atoms with E-state index in [4.69, 9.17) is 4.74 Å². The molecule has 194 valence electrons. The summed E-state index contributed by atoms with van der Waals surface area (Å²) in [6.07, 6.45) is 5.22. The number of hydrogen-bond acceptors (Lipinski definition) is 6. The predicted molar refractivity (Wildman–Crippen MR) is 148 cm³/mol. The first-order valence-electron chi connectivity index (χ1n) is 12.9. The molecule has 0 radical (unpaired) electrons. The van der Waals surface area contributed by atoms with E-state index in [0.717, 1.165) is 67.5 Å². The summed E-state index contributed by atoms with van der Waals surface area (Å²) in [4.78, 5) is 26.6. The lowest BCUT2D eigenvalue weighted by Crippen LogP contribution is -2.45. The van der Waals surface area contributed by atoms with Gasteiger partial charge >= 0.3 is 0 Å². The van der Waals surface area contributed by atoms with E-state index in [1.54, 1.807) is 25.6 Å². The monoisotopic (exact) mass is 508 g/mol. The number of hydrogen-bond donors (Lipinski definition) is 1.